The van der Waals surface area contributed by atoms with Crippen molar-refractivity contribution in [1.82, 2.24) is 0 Å². The van der Waals surface area contributed by atoms with Gasteiger partial charge in [-0.3, -0.25) is 0 Å². The maximum absolute atomic E-state index is 11.7. The van der Waals surface area contributed by atoms with Gasteiger partial charge >= 0.3 is 5.97 Å². The molecule has 1 aliphatic rings. The van der Waals surface area contributed by atoms with Crippen LogP contribution in [0, 0.1) is 0 Å². The quantitative estimate of drug-likeness (QED) is 0.600. The molecule has 0 spiro atoms. The van der Waals surface area contributed by atoms with Gasteiger partial charge in [-0.1, -0.05) is 13.3 Å². The summed E-state index contributed by atoms with van der Waals surface area (Å²) < 4.78 is 15.9. The van der Waals surface area contributed by atoms with Gasteiger partial charge in [0.05, 0.1) is 24.7 Å². The second-order valence-electron chi connectivity index (χ2n) is 3.76. The van der Waals surface area contributed by atoms with Crippen molar-refractivity contribution < 1.29 is 19.0 Å². The van der Waals surface area contributed by atoms with E-state index in [-0.39, 0.29) is 12.3 Å². The molecule has 4 nitrogen and oxygen atoms in total. The van der Waals surface area contributed by atoms with Gasteiger partial charge in [-0.2, -0.15) is 0 Å². The molecule has 1 aliphatic heterocycles. The SMILES string of the molecule is CCCCOC(=O)c1ccc(C2OCCO2)s1. The van der Waals surface area contributed by atoms with Crippen LogP contribution in [0.15, 0.2) is 12.1 Å². The molecular formula is C12H16O4S. The number of carbonyl (C=O) groups excluding carboxylic acids is 1. The lowest BCUT2D eigenvalue weighted by Crippen LogP contribution is -2.04. The van der Waals surface area contributed by atoms with Gasteiger partial charge in [0.1, 0.15) is 4.88 Å². The fraction of sp³-hybridized carbons (Fsp3) is 0.583. The molecule has 0 radical (unpaired) electrons. The number of carbonyl (C=O) groups is 1. The standard InChI is InChI=1S/C12H16O4S/c1-2-3-6-14-11(13)9-4-5-10(17-9)12-15-7-8-16-12/h4-5,12H,2-3,6-8H2,1H3. The molecule has 0 amide bonds. The molecular weight excluding hydrogens is 240 g/mol. The van der Waals surface area contributed by atoms with E-state index in [4.69, 9.17) is 14.2 Å². The van der Waals surface area contributed by atoms with Gasteiger partial charge < -0.3 is 14.2 Å². The van der Waals surface area contributed by atoms with Crippen LogP contribution < -0.4 is 0 Å². The van der Waals surface area contributed by atoms with E-state index in [1.54, 1.807) is 6.07 Å². The van der Waals surface area contributed by atoms with E-state index >= 15 is 0 Å². The van der Waals surface area contributed by atoms with Gasteiger partial charge in [-0.15, -0.1) is 11.3 Å². The molecule has 1 fully saturated rings. The Balaban J connectivity index is 1.90. The molecule has 0 N–H and O–H groups in total. The summed E-state index contributed by atoms with van der Waals surface area (Å²) in [6.45, 7) is 3.77. The molecule has 1 aromatic heterocycles. The average Bonchev–Trinajstić information content (AvgIpc) is 3.00. The summed E-state index contributed by atoms with van der Waals surface area (Å²) in [5.41, 5.74) is 0. The van der Waals surface area contributed by atoms with Crippen LogP contribution in [0.5, 0.6) is 0 Å². The number of hydrogen-bond acceptors (Lipinski definition) is 5. The first-order valence-corrected chi connectivity index (χ1v) is 6.63. The third-order valence-corrected chi connectivity index (χ3v) is 3.50. The van der Waals surface area contributed by atoms with E-state index in [9.17, 15) is 4.79 Å². The Kier molecular flexibility index (Phi) is 4.53. The molecule has 2 rings (SSSR count). The number of rotatable bonds is 5. The molecule has 0 bridgehead atoms. The summed E-state index contributed by atoms with van der Waals surface area (Å²) in [5.74, 6) is -0.257. The van der Waals surface area contributed by atoms with E-state index in [0.717, 1.165) is 17.7 Å². The van der Waals surface area contributed by atoms with Crippen molar-refractivity contribution in [3.63, 3.8) is 0 Å². The highest BCUT2D eigenvalue weighted by molar-refractivity contribution is 7.14. The van der Waals surface area contributed by atoms with Gasteiger partial charge in [-0.05, 0) is 18.6 Å². The molecule has 1 saturated heterocycles. The Labute approximate surface area is 104 Å². The molecule has 17 heavy (non-hydrogen) atoms. The highest BCUT2D eigenvalue weighted by Gasteiger charge is 2.21. The second kappa shape index (κ2) is 6.14. The minimum atomic E-state index is -0.308. The van der Waals surface area contributed by atoms with Gasteiger partial charge in [0.15, 0.2) is 6.29 Å². The summed E-state index contributed by atoms with van der Waals surface area (Å²) in [6, 6.07) is 3.62. The molecule has 5 heteroatoms. The third-order valence-electron chi connectivity index (χ3n) is 2.41. The van der Waals surface area contributed by atoms with Crippen molar-refractivity contribution in [1.29, 1.82) is 0 Å². The van der Waals surface area contributed by atoms with Crippen LogP contribution in [-0.2, 0) is 14.2 Å². The monoisotopic (exact) mass is 256 g/mol. The lowest BCUT2D eigenvalue weighted by molar-refractivity contribution is -0.0413. The van der Waals surface area contributed by atoms with Crippen molar-refractivity contribution in [3.05, 3.63) is 21.9 Å². The van der Waals surface area contributed by atoms with Crippen molar-refractivity contribution >= 4 is 17.3 Å². The first kappa shape index (κ1) is 12.5. The van der Waals surface area contributed by atoms with Crippen molar-refractivity contribution in [2.45, 2.75) is 26.1 Å². The van der Waals surface area contributed by atoms with E-state index < -0.39 is 0 Å². The largest absolute Gasteiger partial charge is 0.462 e. The van der Waals surface area contributed by atoms with Crippen LogP contribution in [0.3, 0.4) is 0 Å². The van der Waals surface area contributed by atoms with Crippen LogP contribution in [0.4, 0.5) is 0 Å². The number of esters is 1. The van der Waals surface area contributed by atoms with E-state index in [1.165, 1.54) is 11.3 Å². The zero-order valence-electron chi connectivity index (χ0n) is 9.81. The third kappa shape index (κ3) is 3.28. The van der Waals surface area contributed by atoms with E-state index in [2.05, 4.69) is 6.92 Å². The Bertz CT molecular complexity index is 368. The Morgan fingerprint density at radius 2 is 2.24 bits per heavy atom. The molecule has 0 saturated carbocycles. The molecule has 94 valence electrons. The zero-order chi connectivity index (χ0) is 12.1. The molecule has 0 aliphatic carbocycles. The topological polar surface area (TPSA) is 44.8 Å². The van der Waals surface area contributed by atoms with Crippen LogP contribution in [0.25, 0.3) is 0 Å². The normalized spacial score (nSPS) is 16.3. The fourth-order valence-electron chi connectivity index (χ4n) is 1.49. The maximum atomic E-state index is 11.7. The van der Waals surface area contributed by atoms with Crippen LogP contribution in [0.2, 0.25) is 0 Å². The minimum Gasteiger partial charge on any atom is -0.462 e. The smallest absolute Gasteiger partial charge is 0.348 e. The minimum absolute atomic E-state index is 0.257. The molecule has 0 atom stereocenters. The Hall–Kier alpha value is -0.910. The van der Waals surface area contributed by atoms with Crippen molar-refractivity contribution in [2.24, 2.45) is 0 Å². The molecule has 1 aromatic rings. The predicted molar refractivity (Wildman–Crippen MR) is 64.2 cm³/mol. The Morgan fingerprint density at radius 1 is 1.47 bits per heavy atom. The molecule has 0 unspecified atom stereocenters. The summed E-state index contributed by atoms with van der Waals surface area (Å²) >= 11 is 1.37. The summed E-state index contributed by atoms with van der Waals surface area (Å²) in [4.78, 5) is 13.2. The summed E-state index contributed by atoms with van der Waals surface area (Å²) in [6.07, 6.45) is 1.61. The first-order chi connectivity index (χ1) is 8.31. The lowest BCUT2D eigenvalue weighted by atomic mass is 10.3. The van der Waals surface area contributed by atoms with Gasteiger partial charge in [-0.25, -0.2) is 4.79 Å². The zero-order valence-corrected chi connectivity index (χ0v) is 10.6. The highest BCUT2D eigenvalue weighted by atomic mass is 32.1. The van der Waals surface area contributed by atoms with Gasteiger partial charge in [0, 0.05) is 0 Å². The van der Waals surface area contributed by atoms with Crippen LogP contribution in [0.1, 0.15) is 40.6 Å². The number of hydrogen-bond donors (Lipinski definition) is 0. The summed E-state index contributed by atoms with van der Waals surface area (Å²) in [7, 11) is 0. The maximum Gasteiger partial charge on any atom is 0.348 e. The van der Waals surface area contributed by atoms with Crippen LogP contribution >= 0.6 is 11.3 Å². The molecule has 2 heterocycles. The fourth-order valence-corrected chi connectivity index (χ4v) is 2.39. The van der Waals surface area contributed by atoms with Gasteiger partial charge in [0.25, 0.3) is 0 Å². The Morgan fingerprint density at radius 3 is 2.94 bits per heavy atom. The lowest BCUT2D eigenvalue weighted by Gasteiger charge is -2.04. The van der Waals surface area contributed by atoms with E-state index in [0.29, 0.717) is 24.7 Å². The second-order valence-corrected chi connectivity index (χ2v) is 4.88. The van der Waals surface area contributed by atoms with Crippen LogP contribution in [-0.4, -0.2) is 25.8 Å². The first-order valence-electron chi connectivity index (χ1n) is 5.81. The predicted octanol–water partition coefficient (Wildman–Crippen LogP) is 2.75. The number of thiophene rings is 1. The molecule has 0 aromatic carbocycles. The van der Waals surface area contributed by atoms with E-state index in [1.807, 2.05) is 6.07 Å². The number of unbranched alkanes of at least 4 members (excludes halogenated alkanes) is 1. The van der Waals surface area contributed by atoms with Crippen molar-refractivity contribution in [3.8, 4) is 0 Å². The van der Waals surface area contributed by atoms with Gasteiger partial charge in [0.2, 0.25) is 0 Å². The highest BCUT2D eigenvalue weighted by Crippen LogP contribution is 2.29. The number of ether oxygens (including phenoxy) is 3. The average molecular weight is 256 g/mol. The van der Waals surface area contributed by atoms with Crippen molar-refractivity contribution in [2.75, 3.05) is 19.8 Å². The summed E-state index contributed by atoms with van der Waals surface area (Å²) in [5, 5.41) is 0.